The number of benzene rings is 1. The SMILES string of the molecule is O=C(O)c1ccc2c(c1)C(NC(=O)C1CCCC1)CC2. The predicted octanol–water partition coefficient (Wildman–Crippen LogP) is 2.68. The van der Waals surface area contributed by atoms with Gasteiger partial charge in [0.15, 0.2) is 0 Å². The van der Waals surface area contributed by atoms with Gasteiger partial charge in [0.1, 0.15) is 0 Å². The van der Waals surface area contributed by atoms with E-state index in [0.717, 1.165) is 49.7 Å². The second-order valence-corrected chi connectivity index (χ2v) is 5.80. The Morgan fingerprint density at radius 1 is 1.15 bits per heavy atom. The average molecular weight is 273 g/mol. The van der Waals surface area contributed by atoms with Crippen molar-refractivity contribution in [1.29, 1.82) is 0 Å². The molecule has 2 aliphatic rings. The van der Waals surface area contributed by atoms with Crippen molar-refractivity contribution in [2.24, 2.45) is 5.92 Å². The second-order valence-electron chi connectivity index (χ2n) is 5.80. The van der Waals surface area contributed by atoms with E-state index < -0.39 is 5.97 Å². The normalized spacial score (nSPS) is 21.7. The lowest BCUT2D eigenvalue weighted by atomic mass is 10.0. The molecule has 1 atom stereocenters. The fraction of sp³-hybridized carbons (Fsp3) is 0.500. The Morgan fingerprint density at radius 2 is 1.90 bits per heavy atom. The zero-order valence-corrected chi connectivity index (χ0v) is 11.4. The molecule has 3 rings (SSSR count). The molecule has 1 fully saturated rings. The molecule has 0 spiro atoms. The fourth-order valence-corrected chi connectivity index (χ4v) is 3.36. The Hall–Kier alpha value is -1.84. The molecule has 0 radical (unpaired) electrons. The summed E-state index contributed by atoms with van der Waals surface area (Å²) in [5.41, 5.74) is 2.44. The van der Waals surface area contributed by atoms with Gasteiger partial charge in [-0.15, -0.1) is 0 Å². The number of hydrogen-bond acceptors (Lipinski definition) is 2. The van der Waals surface area contributed by atoms with Crippen LogP contribution in [0.2, 0.25) is 0 Å². The summed E-state index contributed by atoms with van der Waals surface area (Å²) in [7, 11) is 0. The molecule has 1 saturated carbocycles. The quantitative estimate of drug-likeness (QED) is 0.889. The largest absolute Gasteiger partial charge is 0.478 e. The number of carbonyl (C=O) groups is 2. The summed E-state index contributed by atoms with van der Waals surface area (Å²) in [5, 5.41) is 12.2. The van der Waals surface area contributed by atoms with Gasteiger partial charge in [0.25, 0.3) is 0 Å². The minimum absolute atomic E-state index is 0.0163. The molecular weight excluding hydrogens is 254 g/mol. The summed E-state index contributed by atoms with van der Waals surface area (Å²) in [6.45, 7) is 0. The molecular formula is C16H19NO3. The van der Waals surface area contributed by atoms with Gasteiger partial charge in [0, 0.05) is 5.92 Å². The highest BCUT2D eigenvalue weighted by Gasteiger charge is 2.29. The smallest absolute Gasteiger partial charge is 0.335 e. The lowest BCUT2D eigenvalue weighted by Gasteiger charge is -2.17. The fourth-order valence-electron chi connectivity index (χ4n) is 3.36. The molecule has 4 nitrogen and oxygen atoms in total. The maximum atomic E-state index is 12.2. The van der Waals surface area contributed by atoms with Gasteiger partial charge >= 0.3 is 5.97 Å². The Bertz CT molecular complexity index is 547. The summed E-state index contributed by atoms with van der Waals surface area (Å²) >= 11 is 0. The van der Waals surface area contributed by atoms with Crippen LogP contribution in [0.3, 0.4) is 0 Å². The van der Waals surface area contributed by atoms with E-state index in [4.69, 9.17) is 5.11 Å². The summed E-state index contributed by atoms with van der Waals surface area (Å²) in [5.74, 6) is -0.622. The van der Waals surface area contributed by atoms with Gasteiger partial charge in [-0.1, -0.05) is 18.9 Å². The number of carboxylic acid groups (broad SMARTS) is 1. The Kier molecular flexibility index (Phi) is 3.47. The van der Waals surface area contributed by atoms with Crippen molar-refractivity contribution < 1.29 is 14.7 Å². The Morgan fingerprint density at radius 3 is 2.60 bits per heavy atom. The monoisotopic (exact) mass is 273 g/mol. The van der Waals surface area contributed by atoms with Crippen LogP contribution < -0.4 is 5.32 Å². The van der Waals surface area contributed by atoms with Crippen LogP contribution in [0.1, 0.15) is 59.6 Å². The zero-order chi connectivity index (χ0) is 14.1. The first-order chi connectivity index (χ1) is 9.65. The van der Waals surface area contributed by atoms with E-state index in [9.17, 15) is 9.59 Å². The van der Waals surface area contributed by atoms with Crippen molar-refractivity contribution in [3.8, 4) is 0 Å². The molecule has 0 aromatic heterocycles. The van der Waals surface area contributed by atoms with Crippen LogP contribution in [0.15, 0.2) is 18.2 Å². The topological polar surface area (TPSA) is 66.4 Å². The molecule has 0 heterocycles. The molecule has 4 heteroatoms. The lowest BCUT2D eigenvalue weighted by molar-refractivity contribution is -0.125. The van der Waals surface area contributed by atoms with E-state index in [2.05, 4.69) is 5.32 Å². The summed E-state index contributed by atoms with van der Waals surface area (Å²) in [4.78, 5) is 23.3. The number of rotatable bonds is 3. The highest BCUT2D eigenvalue weighted by Crippen LogP contribution is 2.33. The van der Waals surface area contributed by atoms with E-state index in [1.165, 1.54) is 0 Å². The summed E-state index contributed by atoms with van der Waals surface area (Å²) < 4.78 is 0. The molecule has 2 N–H and O–H groups in total. The van der Waals surface area contributed by atoms with Gasteiger partial charge < -0.3 is 10.4 Å². The number of carbonyl (C=O) groups excluding carboxylic acids is 1. The van der Waals surface area contributed by atoms with Crippen LogP contribution in [-0.2, 0) is 11.2 Å². The van der Waals surface area contributed by atoms with Crippen molar-refractivity contribution in [3.05, 3.63) is 34.9 Å². The van der Waals surface area contributed by atoms with Gasteiger partial charge in [0.05, 0.1) is 11.6 Å². The second kappa shape index (κ2) is 5.27. The molecule has 1 aromatic carbocycles. The molecule has 1 aromatic rings. The third-order valence-corrected chi connectivity index (χ3v) is 4.51. The van der Waals surface area contributed by atoms with Crippen LogP contribution in [0.25, 0.3) is 0 Å². The first kappa shape index (κ1) is 13.2. The minimum atomic E-state index is -0.916. The van der Waals surface area contributed by atoms with Crippen LogP contribution in [0, 0.1) is 5.92 Å². The molecule has 1 unspecified atom stereocenters. The molecule has 106 valence electrons. The first-order valence-corrected chi connectivity index (χ1v) is 7.31. The molecule has 20 heavy (non-hydrogen) atoms. The number of aryl methyl sites for hydroxylation is 1. The van der Waals surface area contributed by atoms with Gasteiger partial charge in [-0.2, -0.15) is 0 Å². The first-order valence-electron chi connectivity index (χ1n) is 7.31. The third-order valence-electron chi connectivity index (χ3n) is 4.51. The number of fused-ring (bicyclic) bond motifs is 1. The number of carboxylic acids is 1. The highest BCUT2D eigenvalue weighted by atomic mass is 16.4. The van der Waals surface area contributed by atoms with Gasteiger partial charge in [0.2, 0.25) is 5.91 Å². The van der Waals surface area contributed by atoms with Crippen molar-refractivity contribution >= 4 is 11.9 Å². The molecule has 1 amide bonds. The highest BCUT2D eigenvalue weighted by molar-refractivity contribution is 5.88. The van der Waals surface area contributed by atoms with E-state index >= 15 is 0 Å². The molecule has 0 saturated heterocycles. The van der Waals surface area contributed by atoms with Crippen LogP contribution in [0.5, 0.6) is 0 Å². The average Bonchev–Trinajstić information content (AvgIpc) is 3.08. The van der Waals surface area contributed by atoms with E-state index in [1.54, 1.807) is 12.1 Å². The summed E-state index contributed by atoms with van der Waals surface area (Å²) in [6.07, 6.45) is 6.04. The zero-order valence-electron chi connectivity index (χ0n) is 11.4. The van der Waals surface area contributed by atoms with Gasteiger partial charge in [-0.3, -0.25) is 4.79 Å². The third kappa shape index (κ3) is 2.42. The molecule has 0 bridgehead atoms. The van der Waals surface area contributed by atoms with Gasteiger partial charge in [-0.05, 0) is 48.9 Å². The maximum absolute atomic E-state index is 12.2. The number of amides is 1. The molecule has 0 aliphatic heterocycles. The maximum Gasteiger partial charge on any atom is 0.335 e. The van der Waals surface area contributed by atoms with Crippen LogP contribution in [-0.4, -0.2) is 17.0 Å². The number of aromatic carboxylic acids is 1. The predicted molar refractivity (Wildman–Crippen MR) is 74.6 cm³/mol. The van der Waals surface area contributed by atoms with E-state index in [1.807, 2.05) is 6.07 Å². The minimum Gasteiger partial charge on any atom is -0.478 e. The van der Waals surface area contributed by atoms with Crippen molar-refractivity contribution in [3.63, 3.8) is 0 Å². The Balaban J connectivity index is 1.76. The standard InChI is InChI=1S/C16H19NO3/c18-15(11-3-1-2-4-11)17-14-8-7-10-5-6-12(16(19)20)9-13(10)14/h5-6,9,11,14H,1-4,7-8H2,(H,17,18)(H,19,20). The summed E-state index contributed by atoms with van der Waals surface area (Å²) in [6, 6.07) is 5.21. The number of nitrogens with one attached hydrogen (secondary N) is 1. The number of hydrogen-bond donors (Lipinski definition) is 2. The van der Waals surface area contributed by atoms with E-state index in [-0.39, 0.29) is 17.9 Å². The van der Waals surface area contributed by atoms with E-state index in [0.29, 0.717) is 5.56 Å². The van der Waals surface area contributed by atoms with Crippen molar-refractivity contribution in [2.75, 3.05) is 0 Å². The van der Waals surface area contributed by atoms with Crippen molar-refractivity contribution in [1.82, 2.24) is 5.32 Å². The van der Waals surface area contributed by atoms with Crippen molar-refractivity contribution in [2.45, 2.75) is 44.6 Å². The van der Waals surface area contributed by atoms with Gasteiger partial charge in [-0.25, -0.2) is 4.79 Å². The Labute approximate surface area is 118 Å². The lowest BCUT2D eigenvalue weighted by Crippen LogP contribution is -2.32. The molecule has 2 aliphatic carbocycles. The van der Waals surface area contributed by atoms with Crippen LogP contribution in [0.4, 0.5) is 0 Å². The van der Waals surface area contributed by atoms with Crippen LogP contribution >= 0.6 is 0 Å².